The molecule has 2 heterocycles. The van der Waals surface area contributed by atoms with Crippen molar-refractivity contribution in [3.8, 4) is 0 Å². The summed E-state index contributed by atoms with van der Waals surface area (Å²) in [5.74, 6) is 0.215. The number of piperidine rings is 1. The van der Waals surface area contributed by atoms with Crippen LogP contribution in [0.15, 0.2) is 0 Å². The molecule has 0 spiro atoms. The summed E-state index contributed by atoms with van der Waals surface area (Å²) < 4.78 is 0. The van der Waals surface area contributed by atoms with Gasteiger partial charge in [0.05, 0.1) is 5.92 Å². The molecule has 0 bridgehead atoms. The molecular formula is C14H24N2O2. The lowest BCUT2D eigenvalue weighted by molar-refractivity contribution is -0.139. The molecule has 2 fully saturated rings. The summed E-state index contributed by atoms with van der Waals surface area (Å²) in [7, 11) is 0. The predicted molar refractivity (Wildman–Crippen MR) is 70.0 cm³/mol. The maximum absolute atomic E-state index is 12.5. The summed E-state index contributed by atoms with van der Waals surface area (Å²) in [5, 5.41) is 0. The van der Waals surface area contributed by atoms with Gasteiger partial charge in [-0.1, -0.05) is 0 Å². The Kier molecular flexibility index (Phi) is 3.93. The lowest BCUT2D eigenvalue weighted by Gasteiger charge is -2.35. The van der Waals surface area contributed by atoms with Gasteiger partial charge < -0.3 is 9.80 Å². The lowest BCUT2D eigenvalue weighted by atomic mass is 9.99. The molecular weight excluding hydrogens is 228 g/mol. The van der Waals surface area contributed by atoms with Crippen LogP contribution >= 0.6 is 0 Å². The molecule has 0 radical (unpaired) electrons. The molecule has 0 unspecified atom stereocenters. The Morgan fingerprint density at radius 1 is 1.33 bits per heavy atom. The SMILES string of the molecule is CC(C)N1C[C@@H](C(=O)N2CCCC[C@H]2C)CC1=O. The highest BCUT2D eigenvalue weighted by Crippen LogP contribution is 2.25. The number of carbonyl (C=O) groups is 2. The normalized spacial score (nSPS) is 29.2. The molecule has 2 aliphatic rings. The maximum atomic E-state index is 12.5. The molecule has 18 heavy (non-hydrogen) atoms. The predicted octanol–water partition coefficient (Wildman–Crippen LogP) is 1.64. The quantitative estimate of drug-likeness (QED) is 0.749. The molecule has 4 nitrogen and oxygen atoms in total. The average molecular weight is 252 g/mol. The van der Waals surface area contributed by atoms with E-state index in [-0.39, 0.29) is 23.8 Å². The summed E-state index contributed by atoms with van der Waals surface area (Å²) in [6, 6.07) is 0.545. The number of nitrogens with zero attached hydrogens (tertiary/aromatic N) is 2. The van der Waals surface area contributed by atoms with Gasteiger partial charge in [-0.15, -0.1) is 0 Å². The highest BCUT2D eigenvalue weighted by Gasteiger charge is 2.38. The van der Waals surface area contributed by atoms with E-state index < -0.39 is 0 Å². The van der Waals surface area contributed by atoms with Gasteiger partial charge >= 0.3 is 0 Å². The van der Waals surface area contributed by atoms with Crippen molar-refractivity contribution in [2.45, 2.75) is 58.5 Å². The summed E-state index contributed by atoms with van der Waals surface area (Å²) in [6.45, 7) is 7.61. The van der Waals surface area contributed by atoms with Crippen LogP contribution in [-0.4, -0.2) is 46.8 Å². The molecule has 0 N–H and O–H groups in total. The third-order valence-corrected chi connectivity index (χ3v) is 4.22. The van der Waals surface area contributed by atoms with E-state index in [4.69, 9.17) is 0 Å². The van der Waals surface area contributed by atoms with Gasteiger partial charge in [-0.05, 0) is 40.0 Å². The second-order valence-corrected chi connectivity index (χ2v) is 5.92. The van der Waals surface area contributed by atoms with Crippen LogP contribution in [0.2, 0.25) is 0 Å². The van der Waals surface area contributed by atoms with Crippen LogP contribution < -0.4 is 0 Å². The second-order valence-electron chi connectivity index (χ2n) is 5.92. The van der Waals surface area contributed by atoms with Gasteiger partial charge in [0, 0.05) is 31.6 Å². The standard InChI is InChI=1S/C14H24N2O2/c1-10(2)16-9-12(8-13(16)17)14(18)15-7-5-4-6-11(15)3/h10-12H,4-9H2,1-3H3/t11-,12+/m1/s1. The minimum Gasteiger partial charge on any atom is -0.340 e. The fourth-order valence-corrected chi connectivity index (χ4v) is 3.06. The first kappa shape index (κ1) is 13.4. The fourth-order valence-electron chi connectivity index (χ4n) is 3.06. The van der Waals surface area contributed by atoms with Crippen molar-refractivity contribution in [2.24, 2.45) is 5.92 Å². The van der Waals surface area contributed by atoms with Gasteiger partial charge in [0.25, 0.3) is 0 Å². The van der Waals surface area contributed by atoms with E-state index in [1.165, 1.54) is 6.42 Å². The van der Waals surface area contributed by atoms with E-state index in [1.807, 2.05) is 23.6 Å². The van der Waals surface area contributed by atoms with Crippen LogP contribution in [0.5, 0.6) is 0 Å². The third-order valence-electron chi connectivity index (χ3n) is 4.22. The molecule has 4 heteroatoms. The highest BCUT2D eigenvalue weighted by molar-refractivity contribution is 5.89. The zero-order valence-corrected chi connectivity index (χ0v) is 11.7. The van der Waals surface area contributed by atoms with Crippen molar-refractivity contribution in [2.75, 3.05) is 13.1 Å². The fraction of sp³-hybridized carbons (Fsp3) is 0.857. The number of hydrogen-bond acceptors (Lipinski definition) is 2. The van der Waals surface area contributed by atoms with Gasteiger partial charge in [-0.3, -0.25) is 9.59 Å². The van der Waals surface area contributed by atoms with E-state index in [9.17, 15) is 9.59 Å². The van der Waals surface area contributed by atoms with Crippen LogP contribution in [0.25, 0.3) is 0 Å². The lowest BCUT2D eigenvalue weighted by Crippen LogP contribution is -2.45. The first-order chi connectivity index (χ1) is 8.50. The molecule has 2 rings (SSSR count). The van der Waals surface area contributed by atoms with E-state index in [0.717, 1.165) is 19.4 Å². The summed E-state index contributed by atoms with van der Waals surface area (Å²) in [4.78, 5) is 28.1. The van der Waals surface area contributed by atoms with Crippen molar-refractivity contribution in [3.63, 3.8) is 0 Å². The average Bonchev–Trinajstić information content (AvgIpc) is 2.71. The summed E-state index contributed by atoms with van der Waals surface area (Å²) >= 11 is 0. The van der Waals surface area contributed by atoms with Crippen molar-refractivity contribution in [1.29, 1.82) is 0 Å². The van der Waals surface area contributed by atoms with Crippen molar-refractivity contribution >= 4 is 11.8 Å². The van der Waals surface area contributed by atoms with E-state index in [2.05, 4.69) is 6.92 Å². The van der Waals surface area contributed by atoms with Crippen LogP contribution in [-0.2, 0) is 9.59 Å². The summed E-state index contributed by atoms with van der Waals surface area (Å²) in [6.07, 6.45) is 3.82. The maximum Gasteiger partial charge on any atom is 0.228 e. The van der Waals surface area contributed by atoms with Gasteiger partial charge in [-0.2, -0.15) is 0 Å². The molecule has 0 aromatic carbocycles. The Hall–Kier alpha value is -1.06. The van der Waals surface area contributed by atoms with Gasteiger partial charge in [0.15, 0.2) is 0 Å². The molecule has 0 aromatic rings. The van der Waals surface area contributed by atoms with Crippen LogP contribution in [0.1, 0.15) is 46.5 Å². The molecule has 2 aliphatic heterocycles. The largest absolute Gasteiger partial charge is 0.340 e. The third kappa shape index (κ3) is 2.52. The topological polar surface area (TPSA) is 40.6 Å². The minimum atomic E-state index is -0.111. The molecule has 0 saturated carbocycles. The second kappa shape index (κ2) is 5.29. The van der Waals surface area contributed by atoms with Gasteiger partial charge in [0.1, 0.15) is 0 Å². The molecule has 102 valence electrons. The van der Waals surface area contributed by atoms with Crippen molar-refractivity contribution < 1.29 is 9.59 Å². The number of hydrogen-bond donors (Lipinski definition) is 0. The number of likely N-dealkylation sites (tertiary alicyclic amines) is 2. The van der Waals surface area contributed by atoms with Crippen LogP contribution in [0.3, 0.4) is 0 Å². The molecule has 0 aliphatic carbocycles. The smallest absolute Gasteiger partial charge is 0.228 e. The van der Waals surface area contributed by atoms with Crippen molar-refractivity contribution in [1.82, 2.24) is 9.80 Å². The Morgan fingerprint density at radius 3 is 2.61 bits per heavy atom. The van der Waals surface area contributed by atoms with Crippen LogP contribution in [0.4, 0.5) is 0 Å². The highest BCUT2D eigenvalue weighted by atomic mass is 16.2. The number of amides is 2. The van der Waals surface area contributed by atoms with E-state index in [1.54, 1.807) is 0 Å². The Labute approximate surface area is 109 Å². The van der Waals surface area contributed by atoms with Crippen LogP contribution in [0, 0.1) is 5.92 Å². The zero-order valence-electron chi connectivity index (χ0n) is 11.7. The number of carbonyl (C=O) groups excluding carboxylic acids is 2. The Morgan fingerprint density at radius 2 is 2.06 bits per heavy atom. The van der Waals surface area contributed by atoms with Crippen molar-refractivity contribution in [3.05, 3.63) is 0 Å². The zero-order chi connectivity index (χ0) is 13.3. The minimum absolute atomic E-state index is 0.111. The Bertz CT molecular complexity index is 341. The molecule has 0 aromatic heterocycles. The first-order valence-electron chi connectivity index (χ1n) is 7.10. The first-order valence-corrected chi connectivity index (χ1v) is 7.10. The molecule has 2 amide bonds. The van der Waals surface area contributed by atoms with E-state index in [0.29, 0.717) is 19.0 Å². The monoisotopic (exact) mass is 252 g/mol. The van der Waals surface area contributed by atoms with E-state index >= 15 is 0 Å². The molecule has 2 saturated heterocycles. The van der Waals surface area contributed by atoms with Gasteiger partial charge in [0.2, 0.25) is 11.8 Å². The number of rotatable bonds is 2. The summed E-state index contributed by atoms with van der Waals surface area (Å²) in [5.41, 5.74) is 0. The van der Waals surface area contributed by atoms with Gasteiger partial charge in [-0.25, -0.2) is 0 Å². The molecule has 2 atom stereocenters. The Balaban J connectivity index is 2.00.